The maximum absolute atomic E-state index is 13.0. The highest BCUT2D eigenvalue weighted by Crippen LogP contribution is 2.36. The summed E-state index contributed by atoms with van der Waals surface area (Å²) in [5, 5.41) is 0.666. The molecule has 0 radical (unpaired) electrons. The van der Waals surface area contributed by atoms with E-state index in [2.05, 4.69) is 11.8 Å². The molecule has 0 unspecified atom stereocenters. The summed E-state index contributed by atoms with van der Waals surface area (Å²) in [5.74, 6) is 0.662. The third-order valence-corrected chi connectivity index (χ3v) is 5.20. The molecule has 3 rings (SSSR count). The fraction of sp³-hybridized carbons (Fsp3) is 0.429. The van der Waals surface area contributed by atoms with Crippen molar-refractivity contribution in [1.29, 1.82) is 0 Å². The molecule has 2 aromatic carbocycles. The number of ether oxygens (including phenoxy) is 2. The van der Waals surface area contributed by atoms with Gasteiger partial charge in [0.15, 0.2) is 0 Å². The lowest BCUT2D eigenvalue weighted by molar-refractivity contribution is -0.139. The van der Waals surface area contributed by atoms with E-state index in [9.17, 15) is 13.2 Å². The van der Waals surface area contributed by atoms with Gasteiger partial charge in [-0.2, -0.15) is 13.2 Å². The number of benzene rings is 2. The normalized spacial score (nSPS) is 17.3. The van der Waals surface area contributed by atoms with E-state index < -0.39 is 11.7 Å². The maximum atomic E-state index is 13.0. The molecule has 1 aliphatic rings. The molecule has 0 aliphatic carbocycles. The van der Waals surface area contributed by atoms with Crippen LogP contribution < -0.4 is 9.47 Å². The maximum Gasteiger partial charge on any atom is 0.419 e. The molecule has 0 bridgehead atoms. The zero-order valence-electron chi connectivity index (χ0n) is 15.6. The van der Waals surface area contributed by atoms with E-state index in [0.717, 1.165) is 37.7 Å². The number of rotatable bonds is 6. The Labute approximate surface area is 168 Å². The van der Waals surface area contributed by atoms with Gasteiger partial charge in [0.25, 0.3) is 0 Å². The molecule has 0 aromatic heterocycles. The lowest BCUT2D eigenvalue weighted by Crippen LogP contribution is -2.47. The number of halogens is 4. The van der Waals surface area contributed by atoms with Gasteiger partial charge in [-0.05, 0) is 56.2 Å². The minimum absolute atomic E-state index is 0.122. The highest BCUT2D eigenvalue weighted by molar-refractivity contribution is 6.30. The van der Waals surface area contributed by atoms with Gasteiger partial charge in [0, 0.05) is 24.7 Å². The SMILES string of the molecule is CC1(Oc2ccc(Cl)cc2)CCN(CCOc2ccccc2C(F)(F)F)CC1. The second-order valence-corrected chi connectivity index (χ2v) is 7.63. The Kier molecular flexibility index (Phi) is 6.40. The van der Waals surface area contributed by atoms with Crippen LogP contribution >= 0.6 is 11.6 Å². The quantitative estimate of drug-likeness (QED) is 0.609. The molecular formula is C21H23ClF3NO2. The molecule has 0 atom stereocenters. The van der Waals surface area contributed by atoms with Gasteiger partial charge < -0.3 is 9.47 Å². The third-order valence-electron chi connectivity index (χ3n) is 4.95. The predicted octanol–water partition coefficient (Wildman–Crippen LogP) is 5.67. The van der Waals surface area contributed by atoms with Crippen molar-refractivity contribution in [3.63, 3.8) is 0 Å². The summed E-state index contributed by atoms with van der Waals surface area (Å²) in [5.41, 5.74) is -1.01. The molecule has 3 nitrogen and oxygen atoms in total. The van der Waals surface area contributed by atoms with Crippen molar-refractivity contribution in [3.05, 3.63) is 59.1 Å². The average Bonchev–Trinajstić information content (AvgIpc) is 2.65. The summed E-state index contributed by atoms with van der Waals surface area (Å²) >= 11 is 5.90. The lowest BCUT2D eigenvalue weighted by atomic mass is 9.93. The average molecular weight is 414 g/mol. The van der Waals surface area contributed by atoms with Gasteiger partial charge in [-0.25, -0.2) is 0 Å². The summed E-state index contributed by atoms with van der Waals surface area (Å²) in [6.07, 6.45) is -2.76. The zero-order valence-corrected chi connectivity index (χ0v) is 16.4. The summed E-state index contributed by atoms with van der Waals surface area (Å²) in [7, 11) is 0. The van der Waals surface area contributed by atoms with Crippen molar-refractivity contribution in [2.75, 3.05) is 26.2 Å². The van der Waals surface area contributed by atoms with Crippen molar-refractivity contribution < 1.29 is 22.6 Å². The van der Waals surface area contributed by atoms with E-state index in [-0.39, 0.29) is 18.0 Å². The van der Waals surface area contributed by atoms with Gasteiger partial charge in [0.1, 0.15) is 23.7 Å². The van der Waals surface area contributed by atoms with Crippen LogP contribution in [-0.2, 0) is 6.18 Å². The van der Waals surface area contributed by atoms with Crippen LogP contribution in [0.5, 0.6) is 11.5 Å². The van der Waals surface area contributed by atoms with Crippen LogP contribution in [0.4, 0.5) is 13.2 Å². The van der Waals surface area contributed by atoms with E-state index in [4.69, 9.17) is 21.1 Å². The van der Waals surface area contributed by atoms with E-state index in [0.29, 0.717) is 11.6 Å². The second-order valence-electron chi connectivity index (χ2n) is 7.19. The van der Waals surface area contributed by atoms with E-state index in [1.807, 2.05) is 12.1 Å². The lowest BCUT2D eigenvalue weighted by Gasteiger charge is -2.39. The number of hydrogen-bond acceptors (Lipinski definition) is 3. The Balaban J connectivity index is 1.47. The molecule has 1 saturated heterocycles. The Morgan fingerprint density at radius 2 is 1.68 bits per heavy atom. The van der Waals surface area contributed by atoms with Crippen LogP contribution in [0.2, 0.25) is 5.02 Å². The number of piperidine rings is 1. The minimum atomic E-state index is -4.41. The smallest absolute Gasteiger partial charge is 0.419 e. The van der Waals surface area contributed by atoms with Gasteiger partial charge in [0.05, 0.1) is 5.56 Å². The number of para-hydroxylation sites is 1. The van der Waals surface area contributed by atoms with Crippen LogP contribution in [0.15, 0.2) is 48.5 Å². The molecule has 0 spiro atoms. The van der Waals surface area contributed by atoms with Crippen LogP contribution in [0.25, 0.3) is 0 Å². The number of alkyl halides is 3. The number of likely N-dealkylation sites (tertiary alicyclic amines) is 1. The second kappa shape index (κ2) is 8.62. The molecule has 1 fully saturated rings. The van der Waals surface area contributed by atoms with Crippen LogP contribution in [0.3, 0.4) is 0 Å². The summed E-state index contributed by atoms with van der Waals surface area (Å²) in [6.45, 7) is 4.46. The van der Waals surface area contributed by atoms with Gasteiger partial charge in [0.2, 0.25) is 0 Å². The first-order valence-corrected chi connectivity index (χ1v) is 9.59. The van der Waals surface area contributed by atoms with E-state index in [1.165, 1.54) is 12.1 Å². The number of nitrogens with zero attached hydrogens (tertiary/aromatic N) is 1. The fourth-order valence-electron chi connectivity index (χ4n) is 3.25. The van der Waals surface area contributed by atoms with Gasteiger partial charge >= 0.3 is 6.18 Å². The van der Waals surface area contributed by atoms with Gasteiger partial charge in [-0.3, -0.25) is 4.90 Å². The largest absolute Gasteiger partial charge is 0.492 e. The van der Waals surface area contributed by atoms with Crippen molar-refractivity contribution in [2.24, 2.45) is 0 Å². The van der Waals surface area contributed by atoms with Crippen LogP contribution in [-0.4, -0.2) is 36.7 Å². The van der Waals surface area contributed by atoms with E-state index in [1.54, 1.807) is 18.2 Å². The third kappa shape index (κ3) is 5.55. The summed E-state index contributed by atoms with van der Waals surface area (Å²) < 4.78 is 50.6. The molecule has 1 heterocycles. The molecule has 28 heavy (non-hydrogen) atoms. The van der Waals surface area contributed by atoms with Gasteiger partial charge in [-0.1, -0.05) is 23.7 Å². The first kappa shape index (κ1) is 20.8. The Bertz CT molecular complexity index is 772. The highest BCUT2D eigenvalue weighted by atomic mass is 35.5. The minimum Gasteiger partial charge on any atom is -0.492 e. The molecule has 0 amide bonds. The molecular weight excluding hydrogens is 391 g/mol. The van der Waals surface area contributed by atoms with Crippen molar-refractivity contribution in [1.82, 2.24) is 4.90 Å². The molecule has 1 aliphatic heterocycles. The molecule has 0 N–H and O–H groups in total. The Morgan fingerprint density at radius 1 is 1.04 bits per heavy atom. The van der Waals surface area contributed by atoms with Crippen LogP contribution in [0.1, 0.15) is 25.3 Å². The Hall–Kier alpha value is -1.92. The van der Waals surface area contributed by atoms with Crippen molar-refractivity contribution in [2.45, 2.75) is 31.5 Å². The first-order valence-electron chi connectivity index (χ1n) is 9.21. The summed E-state index contributed by atoms with van der Waals surface area (Å²) in [4.78, 5) is 2.18. The van der Waals surface area contributed by atoms with Crippen molar-refractivity contribution in [3.8, 4) is 11.5 Å². The van der Waals surface area contributed by atoms with Crippen molar-refractivity contribution >= 4 is 11.6 Å². The zero-order chi connectivity index (χ0) is 20.2. The monoisotopic (exact) mass is 413 g/mol. The number of hydrogen-bond donors (Lipinski definition) is 0. The first-order chi connectivity index (χ1) is 13.3. The molecule has 0 saturated carbocycles. The highest BCUT2D eigenvalue weighted by Gasteiger charge is 2.34. The van der Waals surface area contributed by atoms with E-state index >= 15 is 0 Å². The summed E-state index contributed by atoms with van der Waals surface area (Å²) in [6, 6.07) is 12.6. The standard InChI is InChI=1S/C21H23ClF3NO2/c1-20(28-17-8-6-16(22)7-9-17)10-12-26(13-11-20)14-15-27-19-5-3-2-4-18(19)21(23,24)25/h2-9H,10-15H2,1H3. The fourth-order valence-corrected chi connectivity index (χ4v) is 3.38. The van der Waals surface area contributed by atoms with Crippen LogP contribution in [0, 0.1) is 0 Å². The Morgan fingerprint density at radius 3 is 2.32 bits per heavy atom. The molecule has 152 valence electrons. The molecule has 2 aromatic rings. The molecule has 7 heteroatoms. The van der Waals surface area contributed by atoms with Gasteiger partial charge in [-0.15, -0.1) is 0 Å². The predicted molar refractivity (Wildman–Crippen MR) is 103 cm³/mol. The topological polar surface area (TPSA) is 21.7 Å².